The Morgan fingerprint density at radius 3 is 3.06 bits per heavy atom. The molecule has 96 valence electrons. The quantitative estimate of drug-likeness (QED) is 0.872. The van der Waals surface area contributed by atoms with E-state index < -0.39 is 0 Å². The summed E-state index contributed by atoms with van der Waals surface area (Å²) >= 11 is 1.16. The zero-order chi connectivity index (χ0) is 13.0. The lowest BCUT2D eigenvalue weighted by atomic mass is 10.3. The van der Waals surface area contributed by atoms with Crippen LogP contribution in [-0.2, 0) is 6.54 Å². The van der Waals surface area contributed by atoms with Crippen molar-refractivity contribution in [3.63, 3.8) is 0 Å². The molecule has 18 heavy (non-hydrogen) atoms. The van der Waals surface area contributed by atoms with Crippen LogP contribution in [-0.4, -0.2) is 31.2 Å². The zero-order valence-corrected chi connectivity index (χ0v) is 10.9. The average molecular weight is 266 g/mol. The van der Waals surface area contributed by atoms with Crippen LogP contribution >= 0.6 is 11.5 Å². The van der Waals surface area contributed by atoms with E-state index in [1.54, 1.807) is 17.8 Å². The third-order valence-electron chi connectivity index (χ3n) is 2.15. The highest BCUT2D eigenvalue weighted by Gasteiger charge is 2.10. The highest BCUT2D eigenvalue weighted by atomic mass is 32.1. The Balaban J connectivity index is 1.80. The molecule has 2 heterocycles. The van der Waals surface area contributed by atoms with Crippen molar-refractivity contribution in [1.82, 2.24) is 24.5 Å². The van der Waals surface area contributed by atoms with Crippen LogP contribution < -0.4 is 10.6 Å². The number of nitrogens with zero attached hydrogens (tertiary/aromatic N) is 4. The summed E-state index contributed by atoms with van der Waals surface area (Å²) in [6.07, 6.45) is 3.56. The van der Waals surface area contributed by atoms with Crippen molar-refractivity contribution in [2.75, 3.05) is 5.32 Å². The van der Waals surface area contributed by atoms with Gasteiger partial charge in [-0.25, -0.2) is 9.78 Å². The van der Waals surface area contributed by atoms with Crippen molar-refractivity contribution < 1.29 is 4.79 Å². The molecule has 1 atom stereocenters. The van der Waals surface area contributed by atoms with Gasteiger partial charge in [0.15, 0.2) is 0 Å². The zero-order valence-electron chi connectivity index (χ0n) is 10.1. The van der Waals surface area contributed by atoms with Crippen molar-refractivity contribution in [2.24, 2.45) is 0 Å². The predicted octanol–water partition coefficient (Wildman–Crippen LogP) is 1.25. The number of hydrogen-bond donors (Lipinski definition) is 2. The van der Waals surface area contributed by atoms with Crippen LogP contribution in [0.25, 0.3) is 0 Å². The van der Waals surface area contributed by atoms with Gasteiger partial charge in [0.05, 0.1) is 6.54 Å². The maximum Gasteiger partial charge on any atom is 0.321 e. The summed E-state index contributed by atoms with van der Waals surface area (Å²) in [7, 11) is 0. The maximum atomic E-state index is 11.6. The van der Waals surface area contributed by atoms with Crippen LogP contribution in [0.3, 0.4) is 0 Å². The largest absolute Gasteiger partial charge is 0.333 e. The Labute approximate surface area is 108 Å². The molecule has 1 unspecified atom stereocenters. The number of aromatic nitrogens is 4. The fraction of sp³-hybridized carbons (Fsp3) is 0.400. The molecule has 0 saturated carbocycles. The minimum absolute atomic E-state index is 0.0288. The predicted molar refractivity (Wildman–Crippen MR) is 68.5 cm³/mol. The van der Waals surface area contributed by atoms with E-state index in [0.717, 1.165) is 11.5 Å². The van der Waals surface area contributed by atoms with Gasteiger partial charge >= 0.3 is 6.03 Å². The number of nitrogens with one attached hydrogen (secondary N) is 2. The lowest BCUT2D eigenvalue weighted by molar-refractivity contribution is 0.247. The van der Waals surface area contributed by atoms with Gasteiger partial charge in [0.1, 0.15) is 5.82 Å². The molecule has 0 aliphatic rings. The Morgan fingerprint density at radius 1 is 1.61 bits per heavy atom. The van der Waals surface area contributed by atoms with Crippen LogP contribution in [0.1, 0.15) is 12.7 Å². The van der Waals surface area contributed by atoms with Gasteiger partial charge in [0.25, 0.3) is 0 Å². The van der Waals surface area contributed by atoms with Gasteiger partial charge in [0.2, 0.25) is 5.13 Å². The van der Waals surface area contributed by atoms with Crippen LogP contribution in [0.5, 0.6) is 0 Å². The van der Waals surface area contributed by atoms with E-state index in [1.165, 1.54) is 0 Å². The number of carbonyl (C=O) groups excluding carboxylic acids is 1. The van der Waals surface area contributed by atoms with Gasteiger partial charge in [-0.3, -0.25) is 10.00 Å². The molecular formula is C10H14N6OS. The molecule has 0 bridgehead atoms. The first-order valence-corrected chi connectivity index (χ1v) is 6.26. The summed E-state index contributed by atoms with van der Waals surface area (Å²) in [5, 5.41) is 10.0. The number of amides is 2. The maximum absolute atomic E-state index is 11.6. The highest BCUT2D eigenvalue weighted by molar-refractivity contribution is 7.09. The van der Waals surface area contributed by atoms with Gasteiger partial charge in [-0.05, 0) is 19.9 Å². The standard InChI is InChI=1S/C10H14N6OS/c1-7(6-16-5-3-4-11-16)12-9(17)14-10-13-8(2)15-18-10/h3-5,7H,6H2,1-2H3,(H2,12,13,14,15,17). The van der Waals surface area contributed by atoms with Crippen LogP contribution in [0.15, 0.2) is 18.5 Å². The lowest BCUT2D eigenvalue weighted by Crippen LogP contribution is -2.38. The number of urea groups is 1. The van der Waals surface area contributed by atoms with E-state index in [-0.39, 0.29) is 12.1 Å². The average Bonchev–Trinajstić information content (AvgIpc) is 2.90. The molecule has 0 fully saturated rings. The number of rotatable bonds is 4. The summed E-state index contributed by atoms with van der Waals surface area (Å²) in [6.45, 7) is 4.31. The molecule has 0 radical (unpaired) electrons. The molecule has 2 N–H and O–H groups in total. The minimum atomic E-state index is -0.286. The fourth-order valence-corrected chi connectivity index (χ4v) is 2.01. The summed E-state index contributed by atoms with van der Waals surface area (Å²) in [5.41, 5.74) is 0. The van der Waals surface area contributed by atoms with Crippen molar-refractivity contribution >= 4 is 22.7 Å². The molecule has 2 aromatic heterocycles. The van der Waals surface area contributed by atoms with Gasteiger partial charge < -0.3 is 5.32 Å². The van der Waals surface area contributed by atoms with Gasteiger partial charge in [-0.15, -0.1) is 0 Å². The van der Waals surface area contributed by atoms with Crippen LogP contribution in [0, 0.1) is 6.92 Å². The third-order valence-corrected chi connectivity index (χ3v) is 2.87. The second-order valence-corrected chi connectivity index (χ2v) is 4.63. The number of anilines is 1. The van der Waals surface area contributed by atoms with Gasteiger partial charge in [-0.1, -0.05) is 0 Å². The van der Waals surface area contributed by atoms with E-state index in [1.807, 2.05) is 19.2 Å². The van der Waals surface area contributed by atoms with E-state index in [2.05, 4.69) is 25.1 Å². The fourth-order valence-electron chi connectivity index (χ4n) is 1.44. The van der Waals surface area contributed by atoms with Crippen molar-refractivity contribution in [1.29, 1.82) is 0 Å². The van der Waals surface area contributed by atoms with E-state index >= 15 is 0 Å². The van der Waals surface area contributed by atoms with E-state index in [4.69, 9.17) is 0 Å². The molecule has 0 aliphatic heterocycles. The first-order valence-electron chi connectivity index (χ1n) is 5.49. The normalized spacial score (nSPS) is 12.1. The Hall–Kier alpha value is -1.96. The second-order valence-electron chi connectivity index (χ2n) is 3.87. The molecule has 2 rings (SSSR count). The molecule has 0 saturated heterocycles. The monoisotopic (exact) mass is 266 g/mol. The smallest absolute Gasteiger partial charge is 0.321 e. The third kappa shape index (κ3) is 3.52. The summed E-state index contributed by atoms with van der Waals surface area (Å²) < 4.78 is 5.75. The summed E-state index contributed by atoms with van der Waals surface area (Å²) in [4.78, 5) is 15.7. The van der Waals surface area contributed by atoms with Crippen molar-refractivity contribution in [3.05, 3.63) is 24.3 Å². The molecule has 2 aromatic rings. The van der Waals surface area contributed by atoms with Crippen LogP contribution in [0.4, 0.5) is 9.93 Å². The number of carbonyl (C=O) groups is 1. The SMILES string of the molecule is Cc1nsc(NC(=O)NC(C)Cn2cccn2)n1. The first kappa shape index (κ1) is 12.5. The Morgan fingerprint density at radius 2 is 2.44 bits per heavy atom. The minimum Gasteiger partial charge on any atom is -0.333 e. The summed E-state index contributed by atoms with van der Waals surface area (Å²) in [6, 6.07) is 1.53. The molecule has 0 aromatic carbocycles. The van der Waals surface area contributed by atoms with Crippen LogP contribution in [0.2, 0.25) is 0 Å². The molecule has 0 spiro atoms. The topological polar surface area (TPSA) is 84.7 Å². The Kier molecular flexibility index (Phi) is 3.88. The van der Waals surface area contributed by atoms with Crippen molar-refractivity contribution in [3.8, 4) is 0 Å². The number of hydrogen-bond acceptors (Lipinski definition) is 5. The van der Waals surface area contributed by atoms with E-state index in [0.29, 0.717) is 17.5 Å². The molecule has 2 amide bonds. The molecule has 0 aliphatic carbocycles. The van der Waals surface area contributed by atoms with Gasteiger partial charge in [0, 0.05) is 30.0 Å². The lowest BCUT2D eigenvalue weighted by Gasteiger charge is -2.13. The number of aryl methyl sites for hydroxylation is 1. The highest BCUT2D eigenvalue weighted by Crippen LogP contribution is 2.09. The summed E-state index contributed by atoms with van der Waals surface area (Å²) in [5.74, 6) is 0.653. The first-order chi connectivity index (χ1) is 8.63. The molecular weight excluding hydrogens is 252 g/mol. The van der Waals surface area contributed by atoms with E-state index in [9.17, 15) is 4.79 Å². The van der Waals surface area contributed by atoms with Crippen molar-refractivity contribution in [2.45, 2.75) is 26.4 Å². The Bertz CT molecular complexity index is 508. The second kappa shape index (κ2) is 5.58. The molecule has 8 heteroatoms. The molecule has 7 nitrogen and oxygen atoms in total. The van der Waals surface area contributed by atoms with Gasteiger partial charge in [-0.2, -0.15) is 9.47 Å².